The van der Waals surface area contributed by atoms with Crippen molar-refractivity contribution in [2.24, 2.45) is 5.92 Å². The molecule has 2 rings (SSSR count). The lowest BCUT2D eigenvalue weighted by molar-refractivity contribution is -0.152. The molecular formula is C15H18BrNO3. The first kappa shape index (κ1) is 15.0. The average Bonchev–Trinajstić information content (AvgIpc) is 2.42. The highest BCUT2D eigenvalue weighted by molar-refractivity contribution is 9.10. The molecule has 0 spiro atoms. The molecule has 1 aliphatic heterocycles. The number of hydrogen-bond acceptors (Lipinski definition) is 2. The van der Waals surface area contributed by atoms with E-state index >= 15 is 0 Å². The van der Waals surface area contributed by atoms with Crippen LogP contribution in [-0.2, 0) is 9.59 Å². The van der Waals surface area contributed by atoms with Crippen LogP contribution in [0.4, 0.5) is 0 Å². The number of halogens is 1. The van der Waals surface area contributed by atoms with Gasteiger partial charge >= 0.3 is 5.97 Å². The first-order chi connectivity index (χ1) is 9.54. The van der Waals surface area contributed by atoms with E-state index in [-0.39, 0.29) is 11.9 Å². The summed E-state index contributed by atoms with van der Waals surface area (Å²) in [5, 5.41) is 9.45. The van der Waals surface area contributed by atoms with Gasteiger partial charge in [-0.2, -0.15) is 0 Å². The van der Waals surface area contributed by atoms with Crippen molar-refractivity contribution in [2.45, 2.75) is 32.2 Å². The third-order valence-corrected chi connectivity index (χ3v) is 4.23. The third-order valence-electron chi connectivity index (χ3n) is 3.70. The first-order valence-electron chi connectivity index (χ1n) is 6.82. The maximum atomic E-state index is 12.1. The fourth-order valence-corrected chi connectivity index (χ4v) is 3.05. The van der Waals surface area contributed by atoms with Gasteiger partial charge in [-0.3, -0.25) is 9.59 Å². The van der Waals surface area contributed by atoms with E-state index in [1.54, 1.807) is 4.90 Å². The van der Waals surface area contributed by atoms with Crippen molar-refractivity contribution in [3.8, 4) is 0 Å². The fraction of sp³-hybridized carbons (Fsp3) is 0.467. The monoisotopic (exact) mass is 339 g/mol. The molecule has 0 radical (unpaired) electrons. The molecule has 1 saturated heterocycles. The van der Waals surface area contributed by atoms with Crippen molar-refractivity contribution in [3.05, 3.63) is 34.3 Å². The summed E-state index contributed by atoms with van der Waals surface area (Å²) in [7, 11) is 0. The van der Waals surface area contributed by atoms with Crippen molar-refractivity contribution in [2.75, 3.05) is 6.54 Å². The summed E-state index contributed by atoms with van der Waals surface area (Å²) in [6.45, 7) is 2.60. The van der Waals surface area contributed by atoms with Crippen molar-refractivity contribution in [1.82, 2.24) is 4.90 Å². The normalized spacial score (nSPS) is 22.9. The molecule has 0 aliphatic carbocycles. The standard InChI is InChI=1S/C15H18BrNO3/c1-2-9-17-13(18)8-7-12(15(19)20)14(17)10-3-5-11(16)6-4-10/h3-6,12,14H,2,7-9H2,1H3,(H,19,20). The van der Waals surface area contributed by atoms with Crippen LogP contribution < -0.4 is 0 Å². The smallest absolute Gasteiger partial charge is 0.308 e. The highest BCUT2D eigenvalue weighted by Gasteiger charge is 2.40. The third kappa shape index (κ3) is 3.03. The Balaban J connectivity index is 2.39. The van der Waals surface area contributed by atoms with Crippen molar-refractivity contribution in [3.63, 3.8) is 0 Å². The van der Waals surface area contributed by atoms with Gasteiger partial charge in [-0.25, -0.2) is 0 Å². The van der Waals surface area contributed by atoms with Crippen LogP contribution in [-0.4, -0.2) is 28.4 Å². The molecule has 108 valence electrons. The summed E-state index contributed by atoms with van der Waals surface area (Å²) in [5.41, 5.74) is 0.891. The molecule has 1 aromatic carbocycles. The van der Waals surface area contributed by atoms with E-state index in [1.165, 1.54) is 0 Å². The van der Waals surface area contributed by atoms with Gasteiger partial charge in [0.15, 0.2) is 0 Å². The summed E-state index contributed by atoms with van der Waals surface area (Å²) in [5.74, 6) is -1.30. The van der Waals surface area contributed by atoms with Gasteiger partial charge in [0.05, 0.1) is 12.0 Å². The molecule has 1 aliphatic rings. The van der Waals surface area contributed by atoms with Crippen LogP contribution in [0.25, 0.3) is 0 Å². The molecule has 4 nitrogen and oxygen atoms in total. The molecule has 1 fully saturated rings. The zero-order valence-electron chi connectivity index (χ0n) is 11.4. The van der Waals surface area contributed by atoms with E-state index in [0.29, 0.717) is 19.4 Å². The van der Waals surface area contributed by atoms with Gasteiger partial charge in [0.25, 0.3) is 0 Å². The molecule has 1 N–H and O–H groups in total. The molecule has 2 unspecified atom stereocenters. The van der Waals surface area contributed by atoms with Crippen LogP contribution in [0, 0.1) is 5.92 Å². The van der Waals surface area contributed by atoms with Crippen LogP contribution >= 0.6 is 15.9 Å². The number of carboxylic acid groups (broad SMARTS) is 1. The van der Waals surface area contributed by atoms with Gasteiger partial charge in [-0.15, -0.1) is 0 Å². The number of carbonyl (C=O) groups excluding carboxylic acids is 1. The van der Waals surface area contributed by atoms with Crippen LogP contribution in [0.15, 0.2) is 28.7 Å². The van der Waals surface area contributed by atoms with Gasteiger partial charge in [0.2, 0.25) is 5.91 Å². The lowest BCUT2D eigenvalue weighted by atomic mass is 9.84. The number of hydrogen-bond donors (Lipinski definition) is 1. The Hall–Kier alpha value is -1.36. The minimum Gasteiger partial charge on any atom is -0.481 e. The second-order valence-corrected chi connectivity index (χ2v) is 5.98. The summed E-state index contributed by atoms with van der Waals surface area (Å²) < 4.78 is 0.942. The lowest BCUT2D eigenvalue weighted by Crippen LogP contribution is -2.45. The fourth-order valence-electron chi connectivity index (χ4n) is 2.79. The zero-order chi connectivity index (χ0) is 14.7. The Morgan fingerprint density at radius 3 is 2.60 bits per heavy atom. The first-order valence-corrected chi connectivity index (χ1v) is 7.61. The Bertz CT molecular complexity index is 500. The molecule has 20 heavy (non-hydrogen) atoms. The number of carboxylic acids is 1. The van der Waals surface area contributed by atoms with Gasteiger partial charge in [-0.05, 0) is 30.5 Å². The second-order valence-electron chi connectivity index (χ2n) is 5.07. The van der Waals surface area contributed by atoms with Gasteiger partial charge < -0.3 is 10.0 Å². The molecule has 0 saturated carbocycles. The van der Waals surface area contributed by atoms with Crippen molar-refractivity contribution < 1.29 is 14.7 Å². The molecule has 0 bridgehead atoms. The van der Waals surface area contributed by atoms with Crippen LogP contribution in [0.5, 0.6) is 0 Å². The maximum Gasteiger partial charge on any atom is 0.308 e. The van der Waals surface area contributed by atoms with Crippen molar-refractivity contribution >= 4 is 27.8 Å². The minimum absolute atomic E-state index is 0.0530. The van der Waals surface area contributed by atoms with E-state index in [0.717, 1.165) is 16.5 Å². The van der Waals surface area contributed by atoms with Crippen LogP contribution in [0.2, 0.25) is 0 Å². The van der Waals surface area contributed by atoms with Crippen LogP contribution in [0.1, 0.15) is 37.8 Å². The summed E-state index contributed by atoms with van der Waals surface area (Å²) in [6.07, 6.45) is 1.56. The molecular weight excluding hydrogens is 322 g/mol. The second kappa shape index (κ2) is 6.39. The zero-order valence-corrected chi connectivity index (χ0v) is 13.0. The molecule has 1 amide bonds. The predicted octanol–water partition coefficient (Wildman–Crippen LogP) is 3.22. The summed E-state index contributed by atoms with van der Waals surface area (Å²) in [6, 6.07) is 7.20. The Kier molecular flexibility index (Phi) is 4.81. The largest absolute Gasteiger partial charge is 0.481 e. The number of benzene rings is 1. The van der Waals surface area contributed by atoms with E-state index < -0.39 is 11.9 Å². The molecule has 1 heterocycles. The van der Waals surface area contributed by atoms with Crippen LogP contribution in [0.3, 0.4) is 0 Å². The quantitative estimate of drug-likeness (QED) is 0.916. The number of carbonyl (C=O) groups is 2. The average molecular weight is 340 g/mol. The van der Waals surface area contributed by atoms with E-state index in [9.17, 15) is 14.7 Å². The van der Waals surface area contributed by atoms with Gasteiger partial charge in [-0.1, -0.05) is 35.0 Å². The molecule has 2 atom stereocenters. The minimum atomic E-state index is -0.827. The highest BCUT2D eigenvalue weighted by atomic mass is 79.9. The van der Waals surface area contributed by atoms with E-state index in [4.69, 9.17) is 0 Å². The highest BCUT2D eigenvalue weighted by Crippen LogP contribution is 2.37. The molecule has 1 aromatic rings. The van der Waals surface area contributed by atoms with Gasteiger partial charge in [0.1, 0.15) is 0 Å². The Labute approximate surface area is 126 Å². The van der Waals surface area contributed by atoms with E-state index in [2.05, 4.69) is 15.9 Å². The Morgan fingerprint density at radius 2 is 2.05 bits per heavy atom. The molecule has 0 aromatic heterocycles. The SMILES string of the molecule is CCCN1C(=O)CCC(C(=O)O)C1c1ccc(Br)cc1. The predicted molar refractivity (Wildman–Crippen MR) is 79.2 cm³/mol. The number of nitrogens with zero attached hydrogens (tertiary/aromatic N) is 1. The number of piperidine rings is 1. The molecule has 5 heteroatoms. The maximum absolute atomic E-state index is 12.1. The number of amides is 1. The topological polar surface area (TPSA) is 57.6 Å². The van der Waals surface area contributed by atoms with E-state index in [1.807, 2.05) is 31.2 Å². The summed E-state index contributed by atoms with van der Waals surface area (Å²) in [4.78, 5) is 25.4. The number of likely N-dealkylation sites (tertiary alicyclic amines) is 1. The number of rotatable bonds is 4. The Morgan fingerprint density at radius 1 is 1.40 bits per heavy atom. The summed E-state index contributed by atoms with van der Waals surface area (Å²) >= 11 is 3.37. The lowest BCUT2D eigenvalue weighted by Gasteiger charge is -2.39. The van der Waals surface area contributed by atoms with Gasteiger partial charge in [0, 0.05) is 17.4 Å². The number of aliphatic carboxylic acids is 1. The van der Waals surface area contributed by atoms with Crippen molar-refractivity contribution in [1.29, 1.82) is 0 Å².